The molecule has 0 aromatic heterocycles. The van der Waals surface area contributed by atoms with Gasteiger partial charge < -0.3 is 0 Å². The maximum atomic E-state index is 7.65. The van der Waals surface area contributed by atoms with Crippen LogP contribution in [0.4, 0.5) is 5.69 Å². The molecule has 0 aliphatic heterocycles. The highest BCUT2D eigenvalue weighted by atomic mass is 14.6. The van der Waals surface area contributed by atoms with Crippen molar-refractivity contribution in [3.05, 3.63) is 197 Å². The average molecular weight is 570 g/mol. The molecule has 0 unspecified atom stereocenters. The van der Waals surface area contributed by atoms with Gasteiger partial charge in [-0.05, 0) is 89.0 Å². The first-order valence-corrected chi connectivity index (χ1v) is 15.4. The number of fused-ring (bicyclic) bond motifs is 11. The van der Waals surface area contributed by atoms with Crippen LogP contribution in [-0.4, -0.2) is 0 Å². The zero-order valence-corrected chi connectivity index (χ0v) is 24.5. The van der Waals surface area contributed by atoms with Gasteiger partial charge in [-0.2, -0.15) is 0 Å². The highest BCUT2D eigenvalue weighted by Gasteiger charge is 2.43. The van der Waals surface area contributed by atoms with E-state index in [2.05, 4.69) is 157 Å². The average Bonchev–Trinajstić information content (AvgIpc) is 3.23. The van der Waals surface area contributed by atoms with Crippen LogP contribution in [0.1, 0.15) is 22.3 Å². The third-order valence-corrected chi connectivity index (χ3v) is 9.76. The molecular formula is C44H27N. The summed E-state index contributed by atoms with van der Waals surface area (Å²) >= 11 is 0. The Hall–Kier alpha value is -5.97. The van der Waals surface area contributed by atoms with E-state index in [0.29, 0.717) is 5.69 Å². The largest absolute Gasteiger partial charge is 0.238 e. The van der Waals surface area contributed by atoms with Crippen molar-refractivity contribution in [1.82, 2.24) is 0 Å². The Morgan fingerprint density at radius 1 is 0.356 bits per heavy atom. The maximum absolute atomic E-state index is 7.65. The second-order valence-electron chi connectivity index (χ2n) is 11.9. The minimum Gasteiger partial charge on any atom is -0.238 e. The molecule has 208 valence electrons. The van der Waals surface area contributed by atoms with E-state index in [-0.39, 0.29) is 0 Å². The van der Waals surface area contributed by atoms with Gasteiger partial charge in [0.05, 0.1) is 12.0 Å². The summed E-state index contributed by atoms with van der Waals surface area (Å²) in [6, 6.07) is 59.6. The van der Waals surface area contributed by atoms with E-state index >= 15 is 0 Å². The zero-order chi connectivity index (χ0) is 30.0. The van der Waals surface area contributed by atoms with Crippen molar-refractivity contribution in [2.45, 2.75) is 5.41 Å². The molecule has 0 saturated heterocycles. The van der Waals surface area contributed by atoms with Crippen molar-refractivity contribution in [3.8, 4) is 22.3 Å². The Balaban J connectivity index is 1.49. The van der Waals surface area contributed by atoms with Gasteiger partial charge in [0.2, 0.25) is 0 Å². The standard InChI is InChI=1S/C44H27N/c1-45-31-24-26-37-36-25-23-30(27-40(36)34-17-7-8-18-35(34)41(37)28-31)44(29-13-3-2-4-14-29)42-21-11-9-19-38(42)32-15-5-6-16-33(32)39-20-10-12-22-43(39)44/h2-28H. The second kappa shape index (κ2) is 9.78. The molecule has 0 radical (unpaired) electrons. The summed E-state index contributed by atoms with van der Waals surface area (Å²) in [5.74, 6) is 0. The molecule has 45 heavy (non-hydrogen) atoms. The number of benzene rings is 8. The van der Waals surface area contributed by atoms with E-state index in [4.69, 9.17) is 6.57 Å². The van der Waals surface area contributed by atoms with Crippen LogP contribution in [0.5, 0.6) is 0 Å². The van der Waals surface area contributed by atoms with Gasteiger partial charge in [-0.3, -0.25) is 0 Å². The summed E-state index contributed by atoms with van der Waals surface area (Å²) in [4.78, 5) is 3.74. The zero-order valence-electron chi connectivity index (χ0n) is 24.5. The summed E-state index contributed by atoms with van der Waals surface area (Å²) in [7, 11) is 0. The summed E-state index contributed by atoms with van der Waals surface area (Å²) < 4.78 is 0. The van der Waals surface area contributed by atoms with Gasteiger partial charge in [0.25, 0.3) is 0 Å². The lowest BCUT2D eigenvalue weighted by Crippen LogP contribution is -2.31. The quantitative estimate of drug-likeness (QED) is 0.144. The Morgan fingerprint density at radius 2 is 0.822 bits per heavy atom. The normalized spacial score (nSPS) is 13.0. The van der Waals surface area contributed by atoms with Crippen LogP contribution in [0.15, 0.2) is 164 Å². The molecule has 0 saturated carbocycles. The van der Waals surface area contributed by atoms with Crippen LogP contribution in [0.25, 0.3) is 59.4 Å². The van der Waals surface area contributed by atoms with Crippen LogP contribution in [-0.2, 0) is 5.41 Å². The molecule has 1 heteroatoms. The van der Waals surface area contributed by atoms with E-state index in [9.17, 15) is 0 Å². The molecule has 9 rings (SSSR count). The summed E-state index contributed by atoms with van der Waals surface area (Å²) in [5, 5.41) is 7.09. The number of nitrogens with zero attached hydrogens (tertiary/aromatic N) is 1. The molecular weight excluding hydrogens is 542 g/mol. The molecule has 0 fully saturated rings. The first kappa shape index (κ1) is 25.5. The lowest BCUT2D eigenvalue weighted by Gasteiger charge is -2.38. The molecule has 1 aliphatic rings. The predicted octanol–water partition coefficient (Wildman–Crippen LogP) is 11.7. The smallest absolute Gasteiger partial charge is 0.187 e. The fraction of sp³-hybridized carbons (Fsp3) is 0.0227. The van der Waals surface area contributed by atoms with Crippen LogP contribution >= 0.6 is 0 Å². The fourth-order valence-electron chi connectivity index (χ4n) is 7.91. The van der Waals surface area contributed by atoms with Gasteiger partial charge >= 0.3 is 0 Å². The molecule has 0 spiro atoms. The van der Waals surface area contributed by atoms with Gasteiger partial charge in [-0.25, -0.2) is 4.85 Å². The third kappa shape index (κ3) is 3.54. The molecule has 0 atom stereocenters. The first-order valence-electron chi connectivity index (χ1n) is 15.4. The topological polar surface area (TPSA) is 4.36 Å². The van der Waals surface area contributed by atoms with E-state index in [1.807, 2.05) is 12.1 Å². The van der Waals surface area contributed by atoms with Gasteiger partial charge in [0.15, 0.2) is 5.69 Å². The SMILES string of the molecule is [C-]#[N+]c1ccc2c3ccc(C4(c5ccccc5)c5ccccc5-c5ccccc5-c5ccccc54)cc3c3ccccc3c2c1. The van der Waals surface area contributed by atoms with Crippen molar-refractivity contribution in [2.24, 2.45) is 0 Å². The minimum absolute atomic E-state index is 0.578. The van der Waals surface area contributed by atoms with Gasteiger partial charge in [-0.1, -0.05) is 152 Å². The van der Waals surface area contributed by atoms with E-state index in [0.717, 1.165) is 5.39 Å². The maximum Gasteiger partial charge on any atom is 0.187 e. The van der Waals surface area contributed by atoms with Gasteiger partial charge in [0.1, 0.15) is 0 Å². The first-order chi connectivity index (χ1) is 22.3. The number of hydrogen-bond donors (Lipinski definition) is 0. The molecule has 8 aromatic rings. The highest BCUT2D eigenvalue weighted by Crippen LogP contribution is 2.55. The lowest BCUT2D eigenvalue weighted by molar-refractivity contribution is 0.753. The molecule has 8 aromatic carbocycles. The summed E-state index contributed by atoms with van der Waals surface area (Å²) in [5.41, 5.74) is 10.1. The third-order valence-electron chi connectivity index (χ3n) is 9.76. The molecule has 0 N–H and O–H groups in total. The molecule has 1 nitrogen and oxygen atoms in total. The lowest BCUT2D eigenvalue weighted by atomic mass is 9.63. The van der Waals surface area contributed by atoms with Crippen molar-refractivity contribution in [1.29, 1.82) is 0 Å². The Bertz CT molecular complexity index is 2410. The van der Waals surface area contributed by atoms with Crippen LogP contribution in [0.3, 0.4) is 0 Å². The van der Waals surface area contributed by atoms with E-state index in [1.54, 1.807) is 0 Å². The van der Waals surface area contributed by atoms with Gasteiger partial charge in [-0.15, -0.1) is 0 Å². The Kier molecular flexibility index (Phi) is 5.55. The summed E-state index contributed by atoms with van der Waals surface area (Å²) in [6.45, 7) is 7.65. The minimum atomic E-state index is -0.578. The molecule has 0 heterocycles. The van der Waals surface area contributed by atoms with Crippen molar-refractivity contribution >= 4 is 38.0 Å². The molecule has 0 bridgehead atoms. The van der Waals surface area contributed by atoms with Crippen LogP contribution < -0.4 is 0 Å². The monoisotopic (exact) mass is 569 g/mol. The van der Waals surface area contributed by atoms with Gasteiger partial charge in [0, 0.05) is 0 Å². The Labute approximate surface area is 262 Å². The molecule has 1 aliphatic carbocycles. The number of rotatable bonds is 2. The number of hydrogen-bond acceptors (Lipinski definition) is 0. The second-order valence-corrected chi connectivity index (χ2v) is 11.9. The van der Waals surface area contributed by atoms with Crippen LogP contribution in [0, 0.1) is 6.57 Å². The Morgan fingerprint density at radius 3 is 1.42 bits per heavy atom. The van der Waals surface area contributed by atoms with Crippen LogP contribution in [0.2, 0.25) is 0 Å². The fourth-order valence-corrected chi connectivity index (χ4v) is 7.91. The van der Waals surface area contributed by atoms with Crippen molar-refractivity contribution in [2.75, 3.05) is 0 Å². The highest BCUT2D eigenvalue weighted by molar-refractivity contribution is 6.26. The summed E-state index contributed by atoms with van der Waals surface area (Å²) in [6.07, 6.45) is 0. The van der Waals surface area contributed by atoms with E-state index in [1.165, 1.54) is 71.4 Å². The predicted molar refractivity (Wildman–Crippen MR) is 188 cm³/mol. The van der Waals surface area contributed by atoms with Crippen molar-refractivity contribution < 1.29 is 0 Å². The van der Waals surface area contributed by atoms with E-state index < -0.39 is 5.41 Å². The molecule has 0 amide bonds. The van der Waals surface area contributed by atoms with Crippen molar-refractivity contribution in [3.63, 3.8) is 0 Å².